The van der Waals surface area contributed by atoms with E-state index in [0.717, 1.165) is 18.2 Å². The van der Waals surface area contributed by atoms with Gasteiger partial charge in [0.05, 0.1) is 15.5 Å². The monoisotopic (exact) mass is 335 g/mol. The predicted molar refractivity (Wildman–Crippen MR) is 62.9 cm³/mol. The Labute approximate surface area is 115 Å². The lowest BCUT2D eigenvalue weighted by molar-refractivity contribution is -0.123. The van der Waals surface area contributed by atoms with Crippen molar-refractivity contribution in [2.75, 3.05) is 6.54 Å². The minimum atomic E-state index is -4.59. The smallest absolute Gasteiger partial charge is 0.343 e. The fourth-order valence-electron chi connectivity index (χ4n) is 1.11. The lowest BCUT2D eigenvalue weighted by atomic mass is 10.2. The summed E-state index contributed by atoms with van der Waals surface area (Å²) in [7, 11) is 0.947. The van der Waals surface area contributed by atoms with Gasteiger partial charge in [-0.05, 0) is 18.2 Å². The molecule has 0 bridgehead atoms. The fourth-order valence-corrected chi connectivity index (χ4v) is 2.09. The van der Waals surface area contributed by atoms with E-state index in [1.807, 2.05) is 0 Å². The predicted octanol–water partition coefficient (Wildman–Crippen LogP) is 2.56. The van der Waals surface area contributed by atoms with Gasteiger partial charge in [0.2, 0.25) is 0 Å². The molecule has 0 atom stereocenters. The molecule has 0 saturated heterocycles. The van der Waals surface area contributed by atoms with E-state index >= 15 is 0 Å². The Kier molecular flexibility index (Phi) is 4.70. The van der Waals surface area contributed by atoms with Crippen LogP contribution in [0.1, 0.15) is 10.4 Å². The summed E-state index contributed by atoms with van der Waals surface area (Å²) in [6, 6.07) is 2.89. The van der Waals surface area contributed by atoms with Gasteiger partial charge in [0, 0.05) is 10.7 Å². The largest absolute Gasteiger partial charge is 0.405 e. The molecule has 0 spiro atoms. The normalized spacial score (nSPS) is 12.3. The standard InChI is InChI=1S/C9H6Cl2F3NO3S/c10-7-2-1-5(19(11,17)18)3-6(7)8(16)15-4-9(12,13)14/h1-3H,4H2,(H,15,16). The van der Waals surface area contributed by atoms with Crippen LogP contribution in [0.25, 0.3) is 0 Å². The summed E-state index contributed by atoms with van der Waals surface area (Å²) < 4.78 is 57.9. The van der Waals surface area contributed by atoms with Crippen LogP contribution >= 0.6 is 22.3 Å². The Morgan fingerprint density at radius 2 is 1.89 bits per heavy atom. The van der Waals surface area contributed by atoms with Crippen molar-refractivity contribution in [1.82, 2.24) is 5.32 Å². The highest BCUT2D eigenvalue weighted by Gasteiger charge is 2.28. The number of hydrogen-bond acceptors (Lipinski definition) is 3. The number of rotatable bonds is 3. The van der Waals surface area contributed by atoms with Gasteiger partial charge in [-0.15, -0.1) is 0 Å². The minimum absolute atomic E-state index is 0.191. The quantitative estimate of drug-likeness (QED) is 0.863. The molecular formula is C9H6Cl2F3NO3S. The van der Waals surface area contributed by atoms with Crippen LogP contribution in [0.4, 0.5) is 13.2 Å². The Balaban J connectivity index is 3.03. The van der Waals surface area contributed by atoms with Crippen LogP contribution in [0.3, 0.4) is 0 Å². The maximum Gasteiger partial charge on any atom is 0.405 e. The van der Waals surface area contributed by atoms with Crippen molar-refractivity contribution in [1.29, 1.82) is 0 Å². The summed E-state index contributed by atoms with van der Waals surface area (Å²) in [6.07, 6.45) is -4.59. The van der Waals surface area contributed by atoms with Gasteiger partial charge in [-0.1, -0.05) is 11.6 Å². The molecule has 0 unspecified atom stereocenters. The van der Waals surface area contributed by atoms with E-state index in [9.17, 15) is 26.4 Å². The minimum Gasteiger partial charge on any atom is -0.343 e. The van der Waals surface area contributed by atoms with Gasteiger partial charge in [-0.3, -0.25) is 4.79 Å². The third-order valence-electron chi connectivity index (χ3n) is 1.91. The Hall–Kier alpha value is -0.990. The van der Waals surface area contributed by atoms with Crippen molar-refractivity contribution in [3.05, 3.63) is 28.8 Å². The highest BCUT2D eigenvalue weighted by atomic mass is 35.7. The molecule has 1 rings (SSSR count). The molecule has 0 aliphatic heterocycles. The fraction of sp³-hybridized carbons (Fsp3) is 0.222. The average molecular weight is 336 g/mol. The van der Waals surface area contributed by atoms with Crippen molar-refractivity contribution in [3.63, 3.8) is 0 Å². The average Bonchev–Trinajstić information content (AvgIpc) is 2.24. The molecule has 19 heavy (non-hydrogen) atoms. The first kappa shape index (κ1) is 16.1. The third-order valence-corrected chi connectivity index (χ3v) is 3.59. The molecule has 1 aromatic rings. The van der Waals surface area contributed by atoms with Gasteiger partial charge in [-0.25, -0.2) is 8.42 Å². The molecule has 0 aliphatic rings. The number of alkyl halides is 3. The molecular weight excluding hydrogens is 330 g/mol. The maximum absolute atomic E-state index is 11.9. The second kappa shape index (κ2) is 5.56. The molecule has 0 aliphatic carbocycles. The summed E-state index contributed by atoms with van der Waals surface area (Å²) in [6.45, 7) is -1.56. The van der Waals surface area contributed by atoms with Crippen LogP contribution in [0, 0.1) is 0 Å². The third kappa shape index (κ3) is 4.88. The summed E-state index contributed by atoms with van der Waals surface area (Å²) >= 11 is 5.61. The molecule has 1 N–H and O–H groups in total. The molecule has 0 heterocycles. The van der Waals surface area contributed by atoms with Crippen molar-refractivity contribution in [2.24, 2.45) is 0 Å². The van der Waals surface area contributed by atoms with E-state index in [4.69, 9.17) is 22.3 Å². The molecule has 4 nitrogen and oxygen atoms in total. The van der Waals surface area contributed by atoms with Gasteiger partial charge < -0.3 is 5.32 Å². The van der Waals surface area contributed by atoms with Crippen molar-refractivity contribution >= 4 is 37.2 Å². The molecule has 106 valence electrons. The highest BCUT2D eigenvalue weighted by molar-refractivity contribution is 8.13. The Morgan fingerprint density at radius 1 is 1.32 bits per heavy atom. The molecule has 0 fully saturated rings. The van der Waals surface area contributed by atoms with E-state index in [-0.39, 0.29) is 5.02 Å². The maximum atomic E-state index is 11.9. The second-order valence-electron chi connectivity index (χ2n) is 3.38. The number of nitrogens with one attached hydrogen (secondary N) is 1. The van der Waals surface area contributed by atoms with Gasteiger partial charge in [0.1, 0.15) is 6.54 Å². The van der Waals surface area contributed by atoms with E-state index < -0.39 is 38.1 Å². The molecule has 0 aromatic heterocycles. The first-order valence-corrected chi connectivity index (χ1v) is 7.28. The lowest BCUT2D eigenvalue weighted by Crippen LogP contribution is -2.33. The van der Waals surface area contributed by atoms with Crippen LogP contribution in [0.5, 0.6) is 0 Å². The van der Waals surface area contributed by atoms with Crippen molar-refractivity contribution in [3.8, 4) is 0 Å². The summed E-state index contributed by atoms with van der Waals surface area (Å²) in [5.41, 5.74) is -0.410. The van der Waals surface area contributed by atoms with E-state index in [2.05, 4.69) is 0 Å². The van der Waals surface area contributed by atoms with Crippen molar-refractivity contribution < 1.29 is 26.4 Å². The Morgan fingerprint density at radius 3 is 2.37 bits per heavy atom. The number of benzene rings is 1. The van der Waals surface area contributed by atoms with E-state index in [1.165, 1.54) is 0 Å². The first-order chi connectivity index (χ1) is 8.50. The summed E-state index contributed by atoms with van der Waals surface area (Å²) in [4.78, 5) is 11.0. The first-order valence-electron chi connectivity index (χ1n) is 4.60. The van der Waals surface area contributed by atoms with Crippen LogP contribution in [-0.4, -0.2) is 27.0 Å². The van der Waals surface area contributed by atoms with E-state index in [1.54, 1.807) is 5.32 Å². The zero-order chi connectivity index (χ0) is 14.8. The number of halogens is 5. The van der Waals surface area contributed by atoms with Crippen LogP contribution in [-0.2, 0) is 9.05 Å². The highest BCUT2D eigenvalue weighted by Crippen LogP contribution is 2.23. The van der Waals surface area contributed by atoms with Crippen LogP contribution in [0.2, 0.25) is 5.02 Å². The van der Waals surface area contributed by atoms with E-state index in [0.29, 0.717) is 0 Å². The summed E-state index contributed by atoms with van der Waals surface area (Å²) in [5.74, 6) is -1.15. The number of amides is 1. The topological polar surface area (TPSA) is 63.2 Å². The van der Waals surface area contributed by atoms with Gasteiger partial charge >= 0.3 is 6.18 Å². The summed E-state index contributed by atoms with van der Waals surface area (Å²) in [5, 5.41) is 1.38. The number of hydrogen-bond donors (Lipinski definition) is 1. The molecule has 1 aromatic carbocycles. The second-order valence-corrected chi connectivity index (χ2v) is 6.35. The zero-order valence-electron chi connectivity index (χ0n) is 8.96. The zero-order valence-corrected chi connectivity index (χ0v) is 11.3. The van der Waals surface area contributed by atoms with Gasteiger partial charge in [0.25, 0.3) is 15.0 Å². The van der Waals surface area contributed by atoms with Gasteiger partial charge in [-0.2, -0.15) is 13.2 Å². The molecule has 0 radical (unpaired) electrons. The molecule has 1 amide bonds. The van der Waals surface area contributed by atoms with Crippen molar-refractivity contribution in [2.45, 2.75) is 11.1 Å². The number of carbonyl (C=O) groups is 1. The van der Waals surface area contributed by atoms with Crippen LogP contribution in [0.15, 0.2) is 23.1 Å². The van der Waals surface area contributed by atoms with Crippen LogP contribution < -0.4 is 5.32 Å². The lowest BCUT2D eigenvalue weighted by Gasteiger charge is -2.09. The Bertz CT molecular complexity index is 601. The number of carbonyl (C=O) groups excluding carboxylic acids is 1. The van der Waals surface area contributed by atoms with Gasteiger partial charge in [0.15, 0.2) is 0 Å². The molecule has 0 saturated carbocycles. The molecule has 10 heteroatoms. The SMILES string of the molecule is O=C(NCC(F)(F)F)c1cc(S(=O)(=O)Cl)ccc1Cl.